The Labute approximate surface area is 193 Å². The Morgan fingerprint density at radius 3 is 1.94 bits per heavy atom. The fourth-order valence-corrected chi connectivity index (χ4v) is 3.55. The molecule has 1 aliphatic carbocycles. The molecule has 3 aromatic carbocycles. The van der Waals surface area contributed by atoms with E-state index in [2.05, 4.69) is 0 Å². The quantitative estimate of drug-likeness (QED) is 0.348. The summed E-state index contributed by atoms with van der Waals surface area (Å²) in [5, 5.41) is 0. The predicted octanol–water partition coefficient (Wildman–Crippen LogP) is 6.31. The van der Waals surface area contributed by atoms with Gasteiger partial charge in [-0.1, -0.05) is 32.1 Å². The van der Waals surface area contributed by atoms with Crippen molar-refractivity contribution in [3.8, 4) is 17.2 Å². The van der Waals surface area contributed by atoms with E-state index in [-0.39, 0.29) is 11.2 Å². The van der Waals surface area contributed by atoms with Crippen molar-refractivity contribution >= 4 is 17.2 Å². The molecular weight excluding hydrogens is 412 g/mol. The van der Waals surface area contributed by atoms with Crippen molar-refractivity contribution in [2.75, 3.05) is 11.5 Å². The van der Waals surface area contributed by atoms with Gasteiger partial charge in [-0.05, 0) is 66.8 Å². The van der Waals surface area contributed by atoms with Gasteiger partial charge in [-0.3, -0.25) is 4.79 Å². The average Bonchev–Trinajstić information content (AvgIpc) is 2.91. The number of benzene rings is 3. The summed E-state index contributed by atoms with van der Waals surface area (Å²) in [5.41, 5.74) is 13.7. The molecule has 0 radical (unpaired) electrons. The summed E-state index contributed by atoms with van der Waals surface area (Å²) >= 11 is 0. The molecule has 0 saturated carbocycles. The Hall–Kier alpha value is -4.25. The van der Waals surface area contributed by atoms with Gasteiger partial charge >= 0.3 is 0 Å². The summed E-state index contributed by atoms with van der Waals surface area (Å²) in [6, 6.07) is 21.5. The first-order valence-electron chi connectivity index (χ1n) is 10.6. The van der Waals surface area contributed by atoms with Crippen molar-refractivity contribution in [1.82, 2.24) is 0 Å². The summed E-state index contributed by atoms with van der Waals surface area (Å²) in [4.78, 5) is 13.2. The van der Waals surface area contributed by atoms with Gasteiger partial charge in [0.25, 0.3) is 0 Å². The Morgan fingerprint density at radius 2 is 1.33 bits per heavy atom. The van der Waals surface area contributed by atoms with Gasteiger partial charge in [-0.25, -0.2) is 0 Å². The fraction of sp³-hybridized carbons (Fsp3) is 0.107. The largest absolute Gasteiger partial charge is 0.458 e. The van der Waals surface area contributed by atoms with Crippen LogP contribution in [-0.2, 0) is 0 Å². The van der Waals surface area contributed by atoms with Crippen LogP contribution in [0.1, 0.15) is 24.2 Å². The van der Waals surface area contributed by atoms with Gasteiger partial charge in [0.15, 0.2) is 5.78 Å². The van der Waals surface area contributed by atoms with Gasteiger partial charge in [0.05, 0.1) is 0 Å². The van der Waals surface area contributed by atoms with Crippen LogP contribution >= 0.6 is 0 Å². The number of hydrogen-bond donors (Lipinski definition) is 2. The van der Waals surface area contributed by atoms with Crippen LogP contribution in [0.15, 0.2) is 108 Å². The second-order valence-electron chi connectivity index (χ2n) is 8.50. The van der Waals surface area contributed by atoms with Crippen LogP contribution in [0, 0.1) is 5.41 Å². The van der Waals surface area contributed by atoms with Gasteiger partial charge in [0, 0.05) is 40.1 Å². The first kappa shape index (κ1) is 22.0. The third kappa shape index (κ3) is 5.71. The van der Waals surface area contributed by atoms with Crippen LogP contribution in [0.4, 0.5) is 11.4 Å². The summed E-state index contributed by atoms with van der Waals surface area (Å²) < 4.78 is 11.8. The summed E-state index contributed by atoms with van der Waals surface area (Å²) in [6.07, 6.45) is 7.51. The maximum Gasteiger partial charge on any atom is 0.192 e. The van der Waals surface area contributed by atoms with E-state index in [1.807, 2.05) is 50.3 Å². The zero-order chi connectivity index (χ0) is 23.4. The van der Waals surface area contributed by atoms with E-state index in [9.17, 15) is 4.79 Å². The van der Waals surface area contributed by atoms with E-state index < -0.39 is 0 Å². The zero-order valence-corrected chi connectivity index (χ0v) is 18.6. The van der Waals surface area contributed by atoms with E-state index in [1.54, 1.807) is 60.7 Å². The lowest BCUT2D eigenvalue weighted by Crippen LogP contribution is -2.09. The van der Waals surface area contributed by atoms with Crippen molar-refractivity contribution in [3.05, 3.63) is 114 Å². The molecule has 0 saturated heterocycles. The van der Waals surface area contributed by atoms with E-state index in [0.717, 1.165) is 0 Å². The number of carbonyl (C=O) groups excluding carboxylic acids is 1. The van der Waals surface area contributed by atoms with E-state index in [1.165, 1.54) is 0 Å². The highest BCUT2D eigenvalue weighted by molar-refractivity contribution is 6.10. The monoisotopic (exact) mass is 438 g/mol. The topological polar surface area (TPSA) is 87.6 Å². The molecule has 166 valence electrons. The van der Waals surface area contributed by atoms with Crippen molar-refractivity contribution < 1.29 is 14.3 Å². The molecule has 0 aromatic heterocycles. The molecule has 0 aliphatic heterocycles. The van der Waals surface area contributed by atoms with E-state index >= 15 is 0 Å². The normalized spacial score (nSPS) is 14.6. The van der Waals surface area contributed by atoms with Crippen molar-refractivity contribution in [3.63, 3.8) is 0 Å². The molecule has 0 spiro atoms. The average molecular weight is 439 g/mol. The highest BCUT2D eigenvalue weighted by Crippen LogP contribution is 2.30. The van der Waals surface area contributed by atoms with Crippen LogP contribution in [0.25, 0.3) is 0 Å². The summed E-state index contributed by atoms with van der Waals surface area (Å²) in [6.45, 7) is 4.05. The molecule has 1 aliphatic rings. The Kier molecular flexibility index (Phi) is 6.05. The number of anilines is 2. The number of allylic oxidation sites excluding steroid dienone is 5. The van der Waals surface area contributed by atoms with Gasteiger partial charge in [-0.2, -0.15) is 0 Å². The summed E-state index contributed by atoms with van der Waals surface area (Å²) in [7, 11) is 0. The number of hydrogen-bond acceptors (Lipinski definition) is 5. The highest BCUT2D eigenvalue weighted by Gasteiger charge is 2.21. The van der Waals surface area contributed by atoms with Crippen molar-refractivity contribution in [1.29, 1.82) is 0 Å². The van der Waals surface area contributed by atoms with Crippen LogP contribution in [0.5, 0.6) is 17.2 Å². The molecular formula is C28H26N2O3. The van der Waals surface area contributed by atoms with Gasteiger partial charge in [0.1, 0.15) is 23.0 Å². The Bertz CT molecular complexity index is 1270. The molecule has 0 unspecified atom stereocenters. The van der Waals surface area contributed by atoms with Gasteiger partial charge < -0.3 is 20.9 Å². The highest BCUT2D eigenvalue weighted by atomic mass is 16.5. The minimum atomic E-state index is -0.388. The number of carbonyl (C=O) groups is 1. The lowest BCUT2D eigenvalue weighted by Gasteiger charge is -2.17. The molecule has 5 nitrogen and oxygen atoms in total. The third-order valence-corrected chi connectivity index (χ3v) is 5.04. The SMILES string of the molecule is CC1(C)C=C(Oc2cccc(N)c2)C=CC(C(=O)c2ccc(Oc3cccc(N)c3)cc2)=C1. The van der Waals surface area contributed by atoms with Crippen LogP contribution < -0.4 is 20.9 Å². The van der Waals surface area contributed by atoms with Crippen LogP contribution in [-0.4, -0.2) is 5.78 Å². The first-order chi connectivity index (χ1) is 15.8. The Balaban J connectivity index is 1.50. The van der Waals surface area contributed by atoms with E-state index in [0.29, 0.717) is 45.5 Å². The van der Waals surface area contributed by atoms with Crippen LogP contribution in [0.3, 0.4) is 0 Å². The maximum absolute atomic E-state index is 13.2. The predicted molar refractivity (Wildman–Crippen MR) is 132 cm³/mol. The van der Waals surface area contributed by atoms with Crippen molar-refractivity contribution in [2.24, 2.45) is 5.41 Å². The fourth-order valence-electron chi connectivity index (χ4n) is 3.55. The molecule has 5 heteroatoms. The van der Waals surface area contributed by atoms with Gasteiger partial charge in [0.2, 0.25) is 0 Å². The number of ketones is 1. The Morgan fingerprint density at radius 1 is 0.727 bits per heavy atom. The van der Waals surface area contributed by atoms with Gasteiger partial charge in [-0.15, -0.1) is 0 Å². The number of rotatable bonds is 6. The number of Topliss-reactive ketones (excluding diaryl/α,β-unsaturated/α-hetero) is 1. The lowest BCUT2D eigenvalue weighted by atomic mass is 9.89. The standard InChI is InChI=1S/C28H26N2O3/c1-28(2)17-20(11-14-26(18-28)33-25-8-4-6-22(30)16-25)27(31)19-9-12-23(13-10-19)32-24-7-3-5-21(29)15-24/h3-18H,29-30H2,1-2H3. The second-order valence-corrected chi connectivity index (χ2v) is 8.50. The summed E-state index contributed by atoms with van der Waals surface area (Å²) in [5.74, 6) is 2.49. The van der Waals surface area contributed by atoms with Crippen LogP contribution in [0.2, 0.25) is 0 Å². The minimum Gasteiger partial charge on any atom is -0.458 e. The lowest BCUT2D eigenvalue weighted by molar-refractivity contribution is 0.103. The second kappa shape index (κ2) is 9.09. The molecule has 0 heterocycles. The van der Waals surface area contributed by atoms with E-state index in [4.69, 9.17) is 20.9 Å². The molecule has 0 fully saturated rings. The molecule has 0 amide bonds. The molecule has 3 aromatic rings. The molecule has 33 heavy (non-hydrogen) atoms. The minimum absolute atomic E-state index is 0.0755. The molecule has 0 bridgehead atoms. The zero-order valence-electron chi connectivity index (χ0n) is 18.6. The molecule has 0 atom stereocenters. The third-order valence-electron chi connectivity index (χ3n) is 5.04. The van der Waals surface area contributed by atoms with Crippen molar-refractivity contribution in [2.45, 2.75) is 13.8 Å². The molecule has 4 N–H and O–H groups in total. The maximum atomic E-state index is 13.2. The number of nitrogens with two attached hydrogens (primary N) is 2. The smallest absolute Gasteiger partial charge is 0.192 e. The molecule has 4 rings (SSSR count). The number of nitrogen functional groups attached to an aromatic ring is 2. The first-order valence-corrected chi connectivity index (χ1v) is 10.6. The number of ether oxygens (including phenoxy) is 2.